The van der Waals surface area contributed by atoms with Crippen molar-refractivity contribution in [2.75, 3.05) is 36.0 Å². The molecule has 0 amide bonds. The molecule has 7 heteroatoms. The van der Waals surface area contributed by atoms with Crippen molar-refractivity contribution < 1.29 is 4.42 Å². The van der Waals surface area contributed by atoms with Gasteiger partial charge >= 0.3 is 6.01 Å². The van der Waals surface area contributed by atoms with Crippen LogP contribution in [0.15, 0.2) is 28.7 Å². The molecule has 0 spiro atoms. The first kappa shape index (κ1) is 13.2. The van der Waals surface area contributed by atoms with Gasteiger partial charge in [0.1, 0.15) is 0 Å². The smallest absolute Gasteiger partial charge is 0.318 e. The van der Waals surface area contributed by atoms with E-state index in [2.05, 4.69) is 20.0 Å². The third-order valence-corrected chi connectivity index (χ3v) is 3.69. The molecule has 1 fully saturated rings. The summed E-state index contributed by atoms with van der Waals surface area (Å²) in [6.45, 7) is 3.63. The maximum atomic E-state index is 6.22. The third-order valence-electron chi connectivity index (χ3n) is 3.37. The summed E-state index contributed by atoms with van der Waals surface area (Å²) in [6, 6.07) is 8.43. The fourth-order valence-corrected chi connectivity index (χ4v) is 2.56. The molecule has 1 aromatic carbocycles. The van der Waals surface area contributed by atoms with E-state index in [0.29, 0.717) is 11.9 Å². The van der Waals surface area contributed by atoms with Crippen LogP contribution < -0.4 is 15.5 Å². The highest BCUT2D eigenvalue weighted by molar-refractivity contribution is 6.33. The van der Waals surface area contributed by atoms with Crippen LogP contribution in [0, 0.1) is 0 Å². The van der Waals surface area contributed by atoms with Gasteiger partial charge in [0.05, 0.1) is 17.3 Å². The first-order valence-corrected chi connectivity index (χ1v) is 6.92. The lowest BCUT2D eigenvalue weighted by Crippen LogP contribution is -2.46. The van der Waals surface area contributed by atoms with Crippen molar-refractivity contribution in [3.8, 4) is 0 Å². The predicted molar refractivity (Wildman–Crippen MR) is 78.1 cm³/mol. The van der Waals surface area contributed by atoms with E-state index in [1.165, 1.54) is 0 Å². The van der Waals surface area contributed by atoms with E-state index in [1.807, 2.05) is 24.3 Å². The topological polar surface area (TPSA) is 71.4 Å². The summed E-state index contributed by atoms with van der Waals surface area (Å²) >= 11 is 6.22. The number of piperazine rings is 1. The molecule has 106 valence electrons. The Morgan fingerprint density at radius 1 is 1.10 bits per heavy atom. The Balaban J connectivity index is 1.66. The molecule has 0 unspecified atom stereocenters. The number of nitrogens with zero attached hydrogens (tertiary/aromatic N) is 4. The number of hydrogen-bond donors (Lipinski definition) is 1. The van der Waals surface area contributed by atoms with Crippen LogP contribution in [-0.2, 0) is 6.54 Å². The second kappa shape index (κ2) is 5.68. The van der Waals surface area contributed by atoms with Gasteiger partial charge < -0.3 is 20.0 Å². The van der Waals surface area contributed by atoms with Crippen LogP contribution in [0.3, 0.4) is 0 Å². The third kappa shape index (κ3) is 2.57. The van der Waals surface area contributed by atoms with Gasteiger partial charge in [-0.15, -0.1) is 5.10 Å². The number of anilines is 2. The van der Waals surface area contributed by atoms with Gasteiger partial charge in [0.15, 0.2) is 0 Å². The van der Waals surface area contributed by atoms with E-state index in [0.717, 1.165) is 36.9 Å². The van der Waals surface area contributed by atoms with Gasteiger partial charge in [0.2, 0.25) is 5.89 Å². The lowest BCUT2D eigenvalue weighted by Gasteiger charge is -2.35. The summed E-state index contributed by atoms with van der Waals surface area (Å²) in [7, 11) is 0. The van der Waals surface area contributed by atoms with Gasteiger partial charge in [0.25, 0.3) is 0 Å². The fourth-order valence-electron chi connectivity index (χ4n) is 2.30. The quantitative estimate of drug-likeness (QED) is 0.925. The molecule has 1 aliphatic heterocycles. The lowest BCUT2D eigenvalue weighted by atomic mass is 10.2. The highest BCUT2D eigenvalue weighted by atomic mass is 35.5. The van der Waals surface area contributed by atoms with Crippen LogP contribution in [0.1, 0.15) is 5.89 Å². The highest BCUT2D eigenvalue weighted by Gasteiger charge is 2.22. The predicted octanol–water partition coefficient (Wildman–Crippen LogP) is 1.51. The molecule has 0 bridgehead atoms. The van der Waals surface area contributed by atoms with Gasteiger partial charge in [0, 0.05) is 26.2 Å². The second-order valence-corrected chi connectivity index (χ2v) is 5.02. The normalized spacial score (nSPS) is 15.7. The Bertz CT molecular complexity index is 580. The summed E-state index contributed by atoms with van der Waals surface area (Å²) in [6.07, 6.45) is 0. The van der Waals surface area contributed by atoms with Gasteiger partial charge in [-0.2, -0.15) is 0 Å². The maximum Gasteiger partial charge on any atom is 0.318 e. The number of nitrogens with two attached hydrogens (primary N) is 1. The zero-order valence-electron chi connectivity index (χ0n) is 11.0. The average Bonchev–Trinajstić information content (AvgIpc) is 2.97. The molecule has 0 aliphatic carbocycles. The fraction of sp³-hybridized carbons (Fsp3) is 0.385. The first-order valence-electron chi connectivity index (χ1n) is 6.55. The Morgan fingerprint density at radius 3 is 2.45 bits per heavy atom. The molecule has 20 heavy (non-hydrogen) atoms. The summed E-state index contributed by atoms with van der Waals surface area (Å²) < 4.78 is 5.47. The molecule has 0 radical (unpaired) electrons. The number of benzene rings is 1. The minimum Gasteiger partial charge on any atom is -0.407 e. The number of para-hydroxylation sites is 1. The van der Waals surface area contributed by atoms with Crippen LogP contribution in [0.5, 0.6) is 0 Å². The molecule has 0 saturated carbocycles. The van der Waals surface area contributed by atoms with Crippen LogP contribution in [0.25, 0.3) is 0 Å². The van der Waals surface area contributed by atoms with Crippen LogP contribution >= 0.6 is 11.6 Å². The Morgan fingerprint density at radius 2 is 1.80 bits per heavy atom. The number of hydrogen-bond acceptors (Lipinski definition) is 6. The van der Waals surface area contributed by atoms with Gasteiger partial charge in [-0.25, -0.2) is 0 Å². The number of aromatic nitrogens is 2. The zero-order valence-corrected chi connectivity index (χ0v) is 11.8. The van der Waals surface area contributed by atoms with Crippen LogP contribution in [-0.4, -0.2) is 36.4 Å². The van der Waals surface area contributed by atoms with Crippen LogP contribution in [0.4, 0.5) is 11.7 Å². The molecule has 2 heterocycles. The van der Waals surface area contributed by atoms with Crippen molar-refractivity contribution in [1.29, 1.82) is 0 Å². The standard InChI is InChI=1S/C13H16ClN5O/c14-10-3-1-2-4-11(10)18-5-7-19(8-6-18)13-17-16-12(9-15)20-13/h1-4H,5-9,15H2. The Labute approximate surface area is 122 Å². The lowest BCUT2D eigenvalue weighted by molar-refractivity contribution is 0.476. The van der Waals surface area contributed by atoms with Crippen molar-refractivity contribution >= 4 is 23.3 Å². The van der Waals surface area contributed by atoms with Crippen molar-refractivity contribution in [3.63, 3.8) is 0 Å². The van der Waals surface area contributed by atoms with Crippen LogP contribution in [0.2, 0.25) is 5.02 Å². The first-order chi connectivity index (χ1) is 9.78. The van der Waals surface area contributed by atoms with E-state index < -0.39 is 0 Å². The average molecular weight is 294 g/mol. The molecular weight excluding hydrogens is 278 g/mol. The van der Waals surface area contributed by atoms with Gasteiger partial charge in [-0.1, -0.05) is 28.8 Å². The maximum absolute atomic E-state index is 6.22. The molecule has 2 N–H and O–H groups in total. The van der Waals surface area contributed by atoms with Crippen molar-refractivity contribution in [2.24, 2.45) is 5.73 Å². The van der Waals surface area contributed by atoms with Gasteiger partial charge in [-0.3, -0.25) is 0 Å². The van der Waals surface area contributed by atoms with Crippen molar-refractivity contribution in [2.45, 2.75) is 6.54 Å². The second-order valence-electron chi connectivity index (χ2n) is 4.61. The molecule has 0 atom stereocenters. The minimum absolute atomic E-state index is 0.270. The monoisotopic (exact) mass is 293 g/mol. The molecule has 6 nitrogen and oxygen atoms in total. The number of halogens is 1. The minimum atomic E-state index is 0.270. The molecule has 3 rings (SSSR count). The van der Waals surface area contributed by atoms with Gasteiger partial charge in [-0.05, 0) is 12.1 Å². The van der Waals surface area contributed by atoms with E-state index in [1.54, 1.807) is 0 Å². The van der Waals surface area contributed by atoms with E-state index >= 15 is 0 Å². The summed E-state index contributed by atoms with van der Waals surface area (Å²) in [5, 5.41) is 8.68. The van der Waals surface area contributed by atoms with Crippen molar-refractivity contribution in [3.05, 3.63) is 35.2 Å². The van der Waals surface area contributed by atoms with E-state index in [-0.39, 0.29) is 6.54 Å². The molecule has 2 aromatic rings. The van der Waals surface area contributed by atoms with E-state index in [4.69, 9.17) is 21.8 Å². The molecular formula is C13H16ClN5O. The zero-order chi connectivity index (χ0) is 13.9. The largest absolute Gasteiger partial charge is 0.407 e. The molecule has 1 aromatic heterocycles. The summed E-state index contributed by atoms with van der Waals surface area (Å²) in [4.78, 5) is 4.33. The number of rotatable bonds is 3. The highest BCUT2D eigenvalue weighted by Crippen LogP contribution is 2.26. The van der Waals surface area contributed by atoms with Crippen molar-refractivity contribution in [1.82, 2.24) is 10.2 Å². The summed E-state index contributed by atoms with van der Waals surface area (Å²) in [5.74, 6) is 0.466. The Hall–Kier alpha value is -1.79. The molecule has 1 aliphatic rings. The molecule has 1 saturated heterocycles. The Kier molecular flexibility index (Phi) is 3.75. The van der Waals surface area contributed by atoms with E-state index in [9.17, 15) is 0 Å². The SMILES string of the molecule is NCc1nnc(N2CCN(c3ccccc3Cl)CC2)o1. The summed E-state index contributed by atoms with van der Waals surface area (Å²) in [5.41, 5.74) is 6.54.